The summed E-state index contributed by atoms with van der Waals surface area (Å²) in [6.45, 7) is 0.395. The van der Waals surface area contributed by atoms with Crippen LogP contribution in [0.25, 0.3) is 0 Å². The van der Waals surface area contributed by atoms with Crippen molar-refractivity contribution in [1.29, 1.82) is 0 Å². The van der Waals surface area contributed by atoms with Crippen molar-refractivity contribution in [3.63, 3.8) is 0 Å². The molecule has 0 saturated heterocycles. The van der Waals surface area contributed by atoms with E-state index in [1.807, 2.05) is 0 Å². The maximum atomic E-state index is 12.5. The van der Waals surface area contributed by atoms with Gasteiger partial charge in [-0.3, -0.25) is 4.79 Å². The number of aliphatic carboxylic acids is 2. The Morgan fingerprint density at radius 1 is 1.00 bits per heavy atom. The molecule has 11 nitrogen and oxygen atoms in total. The molecule has 0 fully saturated rings. The molecule has 0 saturated carbocycles. The first-order chi connectivity index (χ1) is 14.8. The number of carboxylic acid groups (broad SMARTS) is 2. The summed E-state index contributed by atoms with van der Waals surface area (Å²) in [6.07, 6.45) is 0.695. The number of nitrogens with one attached hydrogen (secondary N) is 2. The third kappa shape index (κ3) is 10.3. The molecule has 0 aliphatic carbocycles. The van der Waals surface area contributed by atoms with E-state index in [2.05, 4.69) is 10.6 Å². The van der Waals surface area contributed by atoms with Gasteiger partial charge >= 0.3 is 23.9 Å². The van der Waals surface area contributed by atoms with E-state index < -0.39 is 42.4 Å². The highest BCUT2D eigenvalue weighted by Gasteiger charge is 2.26. The van der Waals surface area contributed by atoms with Crippen LogP contribution in [-0.2, 0) is 25.7 Å². The molecule has 0 radical (unpaired) electrons. The van der Waals surface area contributed by atoms with Crippen molar-refractivity contribution in [3.8, 4) is 5.75 Å². The second kappa shape index (κ2) is 13.8. The van der Waals surface area contributed by atoms with E-state index in [0.29, 0.717) is 25.1 Å². The molecule has 1 aromatic rings. The van der Waals surface area contributed by atoms with E-state index in [9.17, 15) is 19.2 Å². The van der Waals surface area contributed by atoms with Crippen LogP contribution in [0.5, 0.6) is 5.75 Å². The Hall–Kier alpha value is -3.34. The lowest BCUT2D eigenvalue weighted by Gasteiger charge is -2.20. The molecule has 172 valence electrons. The summed E-state index contributed by atoms with van der Waals surface area (Å²) >= 11 is 0. The Bertz CT molecular complexity index is 738. The zero-order chi connectivity index (χ0) is 23.2. The van der Waals surface area contributed by atoms with Gasteiger partial charge in [0.15, 0.2) is 0 Å². The van der Waals surface area contributed by atoms with Crippen molar-refractivity contribution >= 4 is 23.9 Å². The number of carbonyl (C=O) groups excluding carboxylic acids is 2. The fraction of sp³-hybridized carbons (Fsp3) is 0.500. The highest BCUT2D eigenvalue weighted by atomic mass is 16.5. The number of urea groups is 1. The summed E-state index contributed by atoms with van der Waals surface area (Å²) in [5.41, 5.74) is 6.19. The number of rotatable bonds is 14. The molecule has 1 aromatic carbocycles. The first-order valence-corrected chi connectivity index (χ1v) is 9.78. The molecule has 0 spiro atoms. The number of carbonyl (C=O) groups is 4. The van der Waals surface area contributed by atoms with Crippen molar-refractivity contribution in [2.24, 2.45) is 5.73 Å². The van der Waals surface area contributed by atoms with Crippen LogP contribution in [0.15, 0.2) is 24.3 Å². The number of hydrogen-bond acceptors (Lipinski definition) is 7. The number of ether oxygens (including phenoxy) is 2. The minimum absolute atomic E-state index is 0.0180. The van der Waals surface area contributed by atoms with E-state index in [1.54, 1.807) is 24.3 Å². The normalized spacial score (nSPS) is 12.3. The van der Waals surface area contributed by atoms with Gasteiger partial charge in [0, 0.05) is 6.42 Å². The molecule has 11 heteroatoms. The van der Waals surface area contributed by atoms with E-state index in [1.165, 1.54) is 7.11 Å². The predicted octanol–water partition coefficient (Wildman–Crippen LogP) is 0.853. The monoisotopic (exact) mass is 439 g/mol. The first-order valence-electron chi connectivity index (χ1n) is 9.78. The number of carboxylic acids is 2. The van der Waals surface area contributed by atoms with Gasteiger partial charge < -0.3 is 36.1 Å². The van der Waals surface area contributed by atoms with Crippen molar-refractivity contribution in [1.82, 2.24) is 10.6 Å². The summed E-state index contributed by atoms with van der Waals surface area (Å²) in [5, 5.41) is 22.4. The standard InChI is InChI=1S/C20H29N3O8/c1-30-14-7-5-13(6-8-14)12-31-19(28)16(4-2-3-11-21)23-20(29)22-15(18(26)27)9-10-17(24)25/h5-8,15-16H,2-4,9-12,21H2,1H3,(H,24,25)(H,26,27)(H2,22,23,29)/t15-,16-/m0/s1. The smallest absolute Gasteiger partial charge is 0.329 e. The molecule has 0 aliphatic rings. The molecule has 0 heterocycles. The lowest BCUT2D eigenvalue weighted by Crippen LogP contribution is -2.51. The summed E-state index contributed by atoms with van der Waals surface area (Å²) in [5.74, 6) is -2.59. The van der Waals surface area contributed by atoms with Gasteiger partial charge in [0.2, 0.25) is 0 Å². The van der Waals surface area contributed by atoms with Gasteiger partial charge in [-0.15, -0.1) is 0 Å². The van der Waals surface area contributed by atoms with E-state index >= 15 is 0 Å². The topological polar surface area (TPSA) is 177 Å². The SMILES string of the molecule is COc1ccc(COC(=O)[C@H](CCCCN)NC(=O)N[C@@H](CCC(=O)O)C(=O)O)cc1. The van der Waals surface area contributed by atoms with Crippen LogP contribution < -0.4 is 21.1 Å². The highest BCUT2D eigenvalue weighted by Crippen LogP contribution is 2.13. The minimum Gasteiger partial charge on any atom is -0.497 e. The van der Waals surface area contributed by atoms with Crippen LogP contribution in [0.1, 0.15) is 37.7 Å². The molecule has 0 unspecified atom stereocenters. The number of amides is 2. The fourth-order valence-electron chi connectivity index (χ4n) is 2.60. The van der Waals surface area contributed by atoms with Gasteiger partial charge in [0.05, 0.1) is 7.11 Å². The van der Waals surface area contributed by atoms with E-state index in [-0.39, 0.29) is 19.4 Å². The molecular formula is C20H29N3O8. The first kappa shape index (κ1) is 25.7. The quantitative estimate of drug-likeness (QED) is 0.208. The molecule has 1 rings (SSSR count). The summed E-state index contributed by atoms with van der Waals surface area (Å²) in [4.78, 5) is 46.6. The Morgan fingerprint density at radius 3 is 2.19 bits per heavy atom. The second-order valence-corrected chi connectivity index (χ2v) is 6.73. The Kier molecular flexibility index (Phi) is 11.4. The zero-order valence-electron chi connectivity index (χ0n) is 17.3. The molecule has 2 atom stereocenters. The molecular weight excluding hydrogens is 410 g/mol. The number of unbranched alkanes of at least 4 members (excludes halogenated alkanes) is 1. The number of hydrogen-bond donors (Lipinski definition) is 5. The third-order valence-corrected chi connectivity index (χ3v) is 4.33. The molecule has 0 bridgehead atoms. The number of nitrogens with two attached hydrogens (primary N) is 1. The van der Waals surface area contributed by atoms with Crippen molar-refractivity contribution < 1.29 is 38.9 Å². The predicted molar refractivity (Wildman–Crippen MR) is 109 cm³/mol. The van der Waals surface area contributed by atoms with Crippen molar-refractivity contribution in [3.05, 3.63) is 29.8 Å². The van der Waals surface area contributed by atoms with Gasteiger partial charge in [-0.05, 0) is 49.9 Å². The minimum atomic E-state index is -1.41. The maximum Gasteiger partial charge on any atom is 0.329 e. The summed E-state index contributed by atoms with van der Waals surface area (Å²) in [6, 6.07) is 3.57. The van der Waals surface area contributed by atoms with Crippen LogP contribution in [0.2, 0.25) is 0 Å². The summed E-state index contributed by atoms with van der Waals surface area (Å²) < 4.78 is 10.3. The fourth-order valence-corrected chi connectivity index (χ4v) is 2.60. The van der Waals surface area contributed by atoms with Crippen molar-refractivity contribution in [2.75, 3.05) is 13.7 Å². The average molecular weight is 439 g/mol. The average Bonchev–Trinajstić information content (AvgIpc) is 2.74. The zero-order valence-corrected chi connectivity index (χ0v) is 17.3. The molecule has 6 N–H and O–H groups in total. The number of benzene rings is 1. The van der Waals surface area contributed by atoms with Gasteiger partial charge in [0.1, 0.15) is 24.4 Å². The van der Waals surface area contributed by atoms with Gasteiger partial charge in [0.25, 0.3) is 0 Å². The summed E-state index contributed by atoms with van der Waals surface area (Å²) in [7, 11) is 1.54. The highest BCUT2D eigenvalue weighted by molar-refractivity contribution is 5.86. The van der Waals surface area contributed by atoms with Crippen LogP contribution in [0.3, 0.4) is 0 Å². The third-order valence-electron chi connectivity index (χ3n) is 4.33. The second-order valence-electron chi connectivity index (χ2n) is 6.73. The van der Waals surface area contributed by atoms with Crippen LogP contribution in [0, 0.1) is 0 Å². The Labute approximate surface area is 179 Å². The lowest BCUT2D eigenvalue weighted by atomic mass is 10.1. The number of esters is 1. The van der Waals surface area contributed by atoms with Gasteiger partial charge in [-0.25, -0.2) is 14.4 Å². The Balaban J connectivity index is 2.69. The van der Waals surface area contributed by atoms with E-state index in [4.69, 9.17) is 25.4 Å². The molecule has 2 amide bonds. The largest absolute Gasteiger partial charge is 0.497 e. The van der Waals surface area contributed by atoms with Crippen LogP contribution in [-0.4, -0.2) is 59.9 Å². The maximum absolute atomic E-state index is 12.5. The number of methoxy groups -OCH3 is 1. The molecule has 0 aliphatic heterocycles. The van der Waals surface area contributed by atoms with E-state index in [0.717, 1.165) is 5.56 Å². The molecule has 31 heavy (non-hydrogen) atoms. The van der Waals surface area contributed by atoms with Gasteiger partial charge in [-0.2, -0.15) is 0 Å². The van der Waals surface area contributed by atoms with Crippen LogP contribution >= 0.6 is 0 Å². The van der Waals surface area contributed by atoms with Crippen LogP contribution in [0.4, 0.5) is 4.79 Å². The molecule has 0 aromatic heterocycles. The Morgan fingerprint density at radius 2 is 1.65 bits per heavy atom. The van der Waals surface area contributed by atoms with Gasteiger partial charge in [-0.1, -0.05) is 12.1 Å². The van der Waals surface area contributed by atoms with Crippen molar-refractivity contribution in [2.45, 2.75) is 50.8 Å². The lowest BCUT2D eigenvalue weighted by molar-refractivity contribution is -0.147.